The van der Waals surface area contributed by atoms with Gasteiger partial charge >= 0.3 is 0 Å². The maximum Gasteiger partial charge on any atom is 0.264 e. The van der Waals surface area contributed by atoms with Gasteiger partial charge in [-0.1, -0.05) is 49.1 Å². The highest BCUT2D eigenvalue weighted by molar-refractivity contribution is 7.92. The summed E-state index contributed by atoms with van der Waals surface area (Å²) in [6.45, 7) is 5.45. The molecule has 1 atom stereocenters. The molecule has 10 heteroatoms. The number of sulfonamides is 1. The maximum absolute atomic E-state index is 14.1. The summed E-state index contributed by atoms with van der Waals surface area (Å²) in [5, 5.41) is 3.10. The summed E-state index contributed by atoms with van der Waals surface area (Å²) in [6.07, 6.45) is 5.02. The van der Waals surface area contributed by atoms with Crippen LogP contribution in [0.5, 0.6) is 5.75 Å². The van der Waals surface area contributed by atoms with E-state index in [-0.39, 0.29) is 29.1 Å². The molecule has 230 valence electrons. The van der Waals surface area contributed by atoms with E-state index in [4.69, 9.17) is 4.74 Å². The van der Waals surface area contributed by atoms with Crippen LogP contribution in [0, 0.1) is 12.7 Å². The van der Waals surface area contributed by atoms with Crippen molar-refractivity contribution >= 4 is 27.5 Å². The van der Waals surface area contributed by atoms with Gasteiger partial charge in [-0.3, -0.25) is 13.9 Å². The summed E-state index contributed by atoms with van der Waals surface area (Å²) in [6, 6.07) is 17.7. The van der Waals surface area contributed by atoms with Gasteiger partial charge in [-0.25, -0.2) is 12.8 Å². The standard InChI is InChI=1S/C33H40FN3O5S/c1-4-42-30-18-16-29(17-19-30)37(43(40,41)31-20-14-27(34)15-21-31)23-32(38)36(22-26-12-10-24(2)11-13-26)25(3)33(39)35-28-8-6-5-7-9-28/h10-21,25,28H,4-9,22-23H2,1-3H3,(H,35,39). The van der Waals surface area contributed by atoms with Crippen molar-refractivity contribution in [2.45, 2.75) is 76.4 Å². The van der Waals surface area contributed by atoms with E-state index in [0.717, 1.165) is 59.7 Å². The van der Waals surface area contributed by atoms with Crippen LogP contribution >= 0.6 is 0 Å². The minimum absolute atomic E-state index is 0.0548. The third kappa shape index (κ3) is 8.34. The number of halogens is 1. The summed E-state index contributed by atoms with van der Waals surface area (Å²) in [4.78, 5) is 28.8. The Morgan fingerprint density at radius 1 is 0.953 bits per heavy atom. The third-order valence-electron chi connectivity index (χ3n) is 7.71. The fourth-order valence-electron chi connectivity index (χ4n) is 5.18. The van der Waals surface area contributed by atoms with Gasteiger partial charge in [0.25, 0.3) is 10.0 Å². The van der Waals surface area contributed by atoms with Gasteiger partial charge in [-0.2, -0.15) is 0 Å². The number of rotatable bonds is 12. The Morgan fingerprint density at radius 3 is 2.19 bits per heavy atom. The monoisotopic (exact) mass is 609 g/mol. The first-order chi connectivity index (χ1) is 20.6. The zero-order chi connectivity index (χ0) is 31.0. The Balaban J connectivity index is 1.67. The van der Waals surface area contributed by atoms with E-state index in [9.17, 15) is 22.4 Å². The van der Waals surface area contributed by atoms with E-state index in [0.29, 0.717) is 12.4 Å². The molecule has 3 aromatic carbocycles. The van der Waals surface area contributed by atoms with Crippen LogP contribution in [-0.2, 0) is 26.2 Å². The van der Waals surface area contributed by atoms with E-state index in [1.807, 2.05) is 38.1 Å². The molecular weight excluding hydrogens is 569 g/mol. The van der Waals surface area contributed by atoms with Crippen LogP contribution in [0.3, 0.4) is 0 Å². The molecule has 1 saturated carbocycles. The number of carbonyl (C=O) groups is 2. The van der Waals surface area contributed by atoms with Gasteiger partial charge in [-0.15, -0.1) is 0 Å². The highest BCUT2D eigenvalue weighted by atomic mass is 32.2. The predicted octanol–water partition coefficient (Wildman–Crippen LogP) is 5.59. The number of hydrogen-bond donors (Lipinski definition) is 1. The van der Waals surface area contributed by atoms with E-state index in [1.54, 1.807) is 31.2 Å². The Kier molecular flexibility index (Phi) is 10.8. The number of benzene rings is 3. The van der Waals surface area contributed by atoms with Crippen molar-refractivity contribution in [3.8, 4) is 5.75 Å². The van der Waals surface area contributed by atoms with Crippen molar-refractivity contribution in [1.29, 1.82) is 0 Å². The molecule has 1 N–H and O–H groups in total. The number of carbonyl (C=O) groups excluding carboxylic acids is 2. The second-order valence-corrected chi connectivity index (χ2v) is 12.8. The van der Waals surface area contributed by atoms with Gasteiger partial charge in [0.15, 0.2) is 0 Å². The molecular formula is C33H40FN3O5S. The van der Waals surface area contributed by atoms with Crippen molar-refractivity contribution in [1.82, 2.24) is 10.2 Å². The number of anilines is 1. The van der Waals surface area contributed by atoms with E-state index >= 15 is 0 Å². The van der Waals surface area contributed by atoms with Crippen molar-refractivity contribution in [2.24, 2.45) is 0 Å². The molecule has 1 unspecified atom stereocenters. The molecule has 0 bridgehead atoms. The zero-order valence-corrected chi connectivity index (χ0v) is 25.8. The largest absolute Gasteiger partial charge is 0.494 e. The molecule has 0 aliphatic heterocycles. The first-order valence-electron chi connectivity index (χ1n) is 14.7. The average Bonchev–Trinajstić information content (AvgIpc) is 3.00. The molecule has 1 aliphatic carbocycles. The van der Waals surface area contributed by atoms with Crippen LogP contribution in [0.1, 0.15) is 57.1 Å². The van der Waals surface area contributed by atoms with Crippen molar-refractivity contribution < 1.29 is 27.1 Å². The lowest BCUT2D eigenvalue weighted by molar-refractivity contribution is -0.139. The van der Waals surface area contributed by atoms with E-state index in [2.05, 4.69) is 5.32 Å². The molecule has 0 spiro atoms. The quantitative estimate of drug-likeness (QED) is 0.289. The fourth-order valence-corrected chi connectivity index (χ4v) is 6.59. The zero-order valence-electron chi connectivity index (χ0n) is 25.0. The lowest BCUT2D eigenvalue weighted by atomic mass is 9.95. The summed E-state index contributed by atoms with van der Waals surface area (Å²) in [7, 11) is -4.29. The third-order valence-corrected chi connectivity index (χ3v) is 9.50. The molecule has 8 nitrogen and oxygen atoms in total. The van der Waals surface area contributed by atoms with Crippen LogP contribution in [0.25, 0.3) is 0 Å². The predicted molar refractivity (Wildman–Crippen MR) is 165 cm³/mol. The summed E-state index contributed by atoms with van der Waals surface area (Å²) in [5.41, 5.74) is 2.10. The number of amides is 2. The summed E-state index contributed by atoms with van der Waals surface area (Å²) in [5.74, 6) is -0.858. The molecule has 0 saturated heterocycles. The fraction of sp³-hybridized carbons (Fsp3) is 0.394. The topological polar surface area (TPSA) is 96.0 Å². The van der Waals surface area contributed by atoms with Gasteiger partial charge in [0.05, 0.1) is 17.2 Å². The Hall–Kier alpha value is -3.92. The van der Waals surface area contributed by atoms with Crippen molar-refractivity contribution in [3.05, 3.63) is 89.7 Å². The SMILES string of the molecule is CCOc1ccc(N(CC(=O)N(Cc2ccc(C)cc2)C(C)C(=O)NC2CCCCC2)S(=O)(=O)c2ccc(F)cc2)cc1. The molecule has 0 radical (unpaired) electrons. The van der Waals surface area contributed by atoms with Gasteiger partial charge in [0.1, 0.15) is 24.2 Å². The van der Waals surface area contributed by atoms with E-state index in [1.165, 1.54) is 17.0 Å². The molecule has 3 aromatic rings. The van der Waals surface area contributed by atoms with Crippen LogP contribution < -0.4 is 14.4 Å². The van der Waals surface area contributed by atoms with E-state index < -0.39 is 34.3 Å². The second-order valence-electron chi connectivity index (χ2n) is 10.9. The van der Waals surface area contributed by atoms with Gasteiger partial charge in [0.2, 0.25) is 11.8 Å². The summed E-state index contributed by atoms with van der Waals surface area (Å²) >= 11 is 0. The molecule has 1 fully saturated rings. The molecule has 0 heterocycles. The highest BCUT2D eigenvalue weighted by Gasteiger charge is 2.33. The number of ether oxygens (including phenoxy) is 1. The number of aryl methyl sites for hydroxylation is 1. The first kappa shape index (κ1) is 32.0. The lowest BCUT2D eigenvalue weighted by Gasteiger charge is -2.33. The van der Waals surface area contributed by atoms with Gasteiger partial charge in [-0.05, 0) is 87.7 Å². The van der Waals surface area contributed by atoms with Gasteiger partial charge < -0.3 is 15.0 Å². The Morgan fingerprint density at radius 2 is 1.58 bits per heavy atom. The van der Waals surface area contributed by atoms with Crippen molar-refractivity contribution in [2.75, 3.05) is 17.5 Å². The Labute approximate surface area is 253 Å². The summed E-state index contributed by atoms with van der Waals surface area (Å²) < 4.78 is 48.0. The van der Waals surface area contributed by atoms with Crippen LogP contribution in [0.2, 0.25) is 0 Å². The smallest absolute Gasteiger partial charge is 0.264 e. The van der Waals surface area contributed by atoms with Crippen LogP contribution in [0.4, 0.5) is 10.1 Å². The van der Waals surface area contributed by atoms with Crippen molar-refractivity contribution in [3.63, 3.8) is 0 Å². The Bertz CT molecular complexity index is 1470. The molecule has 4 rings (SSSR count). The first-order valence-corrected chi connectivity index (χ1v) is 16.2. The molecule has 0 aromatic heterocycles. The highest BCUT2D eigenvalue weighted by Crippen LogP contribution is 2.27. The second kappa shape index (κ2) is 14.5. The normalized spacial score (nSPS) is 14.5. The minimum atomic E-state index is -4.29. The number of hydrogen-bond acceptors (Lipinski definition) is 5. The molecule has 2 amide bonds. The van der Waals surface area contributed by atoms with Crippen LogP contribution in [-0.4, -0.2) is 50.4 Å². The number of nitrogens with zero attached hydrogens (tertiary/aromatic N) is 2. The minimum Gasteiger partial charge on any atom is -0.494 e. The van der Waals surface area contributed by atoms with Gasteiger partial charge in [0, 0.05) is 12.6 Å². The van der Waals surface area contributed by atoms with Crippen LogP contribution in [0.15, 0.2) is 77.7 Å². The maximum atomic E-state index is 14.1. The molecule has 43 heavy (non-hydrogen) atoms. The average molecular weight is 610 g/mol. The lowest BCUT2D eigenvalue weighted by Crippen LogP contribution is -2.53. The number of nitrogens with one attached hydrogen (secondary N) is 1. The molecule has 1 aliphatic rings.